The summed E-state index contributed by atoms with van der Waals surface area (Å²) in [5, 5.41) is 10.5. The van der Waals surface area contributed by atoms with E-state index >= 15 is 0 Å². The maximum atomic E-state index is 13.8. The number of rotatable bonds is 6. The van der Waals surface area contributed by atoms with Gasteiger partial charge in [0.1, 0.15) is 11.3 Å². The molecule has 0 bridgehead atoms. The molecular formula is C29H44N4O3. The molecule has 1 aliphatic rings. The zero-order valence-electron chi connectivity index (χ0n) is 23.6. The summed E-state index contributed by atoms with van der Waals surface area (Å²) in [4.78, 5) is 27.3. The minimum Gasteiger partial charge on any atom is -0.496 e. The smallest absolute Gasteiger partial charge is 0.252 e. The molecule has 36 heavy (non-hydrogen) atoms. The van der Waals surface area contributed by atoms with Crippen LogP contribution < -0.4 is 15.4 Å². The van der Waals surface area contributed by atoms with Crippen LogP contribution in [0.3, 0.4) is 0 Å². The maximum Gasteiger partial charge on any atom is 0.252 e. The van der Waals surface area contributed by atoms with Gasteiger partial charge in [0.2, 0.25) is 5.91 Å². The van der Waals surface area contributed by atoms with Crippen molar-refractivity contribution in [1.29, 1.82) is 0 Å². The standard InChI is InChI=1S/C29H44N4O3/c1-19-21(18-31-33(19)8)17-30-26(35)29(13-11-10-12-14-29)32-25(34)20-15-22(27(2,3)4)24(36-9)23(16-20)28(5,6)7/h15-16,18H,10-14,17H2,1-9H3,(H,30,35)(H,32,34). The Kier molecular flexibility index (Phi) is 7.92. The molecule has 1 fully saturated rings. The highest BCUT2D eigenvalue weighted by Crippen LogP contribution is 2.41. The number of aromatic nitrogens is 2. The van der Waals surface area contributed by atoms with Crippen LogP contribution in [0.15, 0.2) is 18.3 Å². The lowest BCUT2D eigenvalue weighted by atomic mass is 9.77. The Bertz CT molecular complexity index is 1080. The molecule has 2 aromatic rings. The molecule has 1 aliphatic carbocycles. The third-order valence-corrected chi connectivity index (χ3v) is 7.44. The summed E-state index contributed by atoms with van der Waals surface area (Å²) < 4.78 is 7.65. The Morgan fingerprint density at radius 1 is 1.03 bits per heavy atom. The number of carbonyl (C=O) groups is 2. The van der Waals surface area contributed by atoms with Crippen molar-refractivity contribution in [3.63, 3.8) is 0 Å². The summed E-state index contributed by atoms with van der Waals surface area (Å²) in [6.45, 7) is 15.1. The van der Waals surface area contributed by atoms with Crippen LogP contribution >= 0.6 is 0 Å². The fourth-order valence-corrected chi connectivity index (χ4v) is 5.01. The molecule has 1 heterocycles. The summed E-state index contributed by atoms with van der Waals surface area (Å²) in [5.74, 6) is 0.478. The highest BCUT2D eigenvalue weighted by molar-refractivity contribution is 6.00. The summed E-state index contributed by atoms with van der Waals surface area (Å²) in [5.41, 5.74) is 3.16. The lowest BCUT2D eigenvalue weighted by Gasteiger charge is -2.37. The fraction of sp³-hybridized carbons (Fsp3) is 0.621. The van der Waals surface area contributed by atoms with Gasteiger partial charge in [-0.2, -0.15) is 5.10 Å². The molecule has 2 amide bonds. The van der Waals surface area contributed by atoms with Gasteiger partial charge in [0, 0.05) is 41.5 Å². The summed E-state index contributed by atoms with van der Waals surface area (Å²) in [7, 11) is 3.57. The molecule has 0 unspecified atom stereocenters. The number of amides is 2. The van der Waals surface area contributed by atoms with E-state index in [2.05, 4.69) is 57.3 Å². The van der Waals surface area contributed by atoms with Crippen molar-refractivity contribution in [2.45, 2.75) is 103 Å². The number of methoxy groups -OCH3 is 1. The molecule has 0 radical (unpaired) electrons. The Balaban J connectivity index is 1.94. The van der Waals surface area contributed by atoms with Crippen LogP contribution in [0.4, 0.5) is 0 Å². The largest absolute Gasteiger partial charge is 0.496 e. The van der Waals surface area contributed by atoms with Gasteiger partial charge < -0.3 is 15.4 Å². The van der Waals surface area contributed by atoms with Gasteiger partial charge in [0.25, 0.3) is 5.91 Å². The first kappa shape index (κ1) is 27.8. The second-order valence-corrected chi connectivity index (χ2v) is 12.3. The fourth-order valence-electron chi connectivity index (χ4n) is 5.01. The molecule has 1 aromatic heterocycles. The first-order chi connectivity index (χ1) is 16.7. The van der Waals surface area contributed by atoms with Crippen molar-refractivity contribution in [2.24, 2.45) is 7.05 Å². The predicted molar refractivity (Wildman–Crippen MR) is 143 cm³/mol. The van der Waals surface area contributed by atoms with Crippen LogP contribution in [0.25, 0.3) is 0 Å². The second-order valence-electron chi connectivity index (χ2n) is 12.3. The third-order valence-electron chi connectivity index (χ3n) is 7.44. The van der Waals surface area contributed by atoms with Crippen LogP contribution in [0.1, 0.15) is 106 Å². The zero-order chi connectivity index (χ0) is 26.9. The normalized spacial score (nSPS) is 15.9. The van der Waals surface area contributed by atoms with Gasteiger partial charge in [0.05, 0.1) is 13.3 Å². The molecule has 7 nitrogen and oxygen atoms in total. The molecule has 3 rings (SSSR count). The molecule has 7 heteroatoms. The highest BCUT2D eigenvalue weighted by Gasteiger charge is 2.41. The number of hydrogen-bond acceptors (Lipinski definition) is 4. The highest BCUT2D eigenvalue weighted by atomic mass is 16.5. The summed E-state index contributed by atoms with van der Waals surface area (Å²) in [6, 6.07) is 3.85. The van der Waals surface area contributed by atoms with Crippen molar-refractivity contribution < 1.29 is 14.3 Å². The Morgan fingerprint density at radius 3 is 2.03 bits per heavy atom. The number of ether oxygens (including phenoxy) is 1. The van der Waals surface area contributed by atoms with Gasteiger partial charge >= 0.3 is 0 Å². The van der Waals surface area contributed by atoms with Gasteiger partial charge in [-0.3, -0.25) is 14.3 Å². The molecule has 2 N–H and O–H groups in total. The first-order valence-corrected chi connectivity index (χ1v) is 13.0. The minimum atomic E-state index is -0.921. The molecule has 0 aliphatic heterocycles. The van der Waals surface area contributed by atoms with Gasteiger partial charge in [-0.05, 0) is 42.7 Å². The van der Waals surface area contributed by atoms with E-state index in [0.717, 1.165) is 47.4 Å². The van der Waals surface area contributed by atoms with Gasteiger partial charge in [-0.25, -0.2) is 0 Å². The van der Waals surface area contributed by atoms with Gasteiger partial charge in [0.15, 0.2) is 0 Å². The van der Waals surface area contributed by atoms with E-state index in [9.17, 15) is 9.59 Å². The Morgan fingerprint density at radius 2 is 1.58 bits per heavy atom. The molecule has 1 aromatic carbocycles. The zero-order valence-corrected chi connectivity index (χ0v) is 23.6. The summed E-state index contributed by atoms with van der Waals surface area (Å²) in [6.07, 6.45) is 5.92. The van der Waals surface area contributed by atoms with E-state index in [-0.39, 0.29) is 22.6 Å². The van der Waals surface area contributed by atoms with E-state index in [1.165, 1.54) is 0 Å². The van der Waals surface area contributed by atoms with E-state index in [1.807, 2.05) is 26.1 Å². The van der Waals surface area contributed by atoms with Crippen molar-refractivity contribution in [3.05, 3.63) is 46.3 Å². The van der Waals surface area contributed by atoms with Crippen molar-refractivity contribution >= 4 is 11.8 Å². The number of benzene rings is 1. The number of hydrogen-bond donors (Lipinski definition) is 2. The first-order valence-electron chi connectivity index (χ1n) is 13.0. The molecular weight excluding hydrogens is 452 g/mol. The second kappa shape index (κ2) is 10.3. The average molecular weight is 497 g/mol. The Labute approximate surface area is 216 Å². The monoisotopic (exact) mass is 496 g/mol. The maximum absolute atomic E-state index is 13.8. The molecule has 0 atom stereocenters. The molecule has 1 saturated carbocycles. The van der Waals surface area contributed by atoms with Crippen molar-refractivity contribution in [2.75, 3.05) is 7.11 Å². The molecule has 198 valence electrons. The summed E-state index contributed by atoms with van der Waals surface area (Å²) >= 11 is 0. The van der Waals surface area contributed by atoms with Crippen LogP contribution in [0.2, 0.25) is 0 Å². The van der Waals surface area contributed by atoms with Crippen LogP contribution in [0.5, 0.6) is 5.75 Å². The van der Waals surface area contributed by atoms with Crippen molar-refractivity contribution in [3.8, 4) is 5.75 Å². The van der Waals surface area contributed by atoms with Gasteiger partial charge in [-0.1, -0.05) is 60.8 Å². The molecule has 0 spiro atoms. The van der Waals surface area contributed by atoms with Gasteiger partial charge in [-0.15, -0.1) is 0 Å². The van der Waals surface area contributed by atoms with E-state index in [4.69, 9.17) is 4.74 Å². The number of carbonyl (C=O) groups excluding carboxylic acids is 2. The topological polar surface area (TPSA) is 85.2 Å². The molecule has 0 saturated heterocycles. The van der Waals surface area contributed by atoms with E-state index < -0.39 is 5.54 Å². The van der Waals surface area contributed by atoms with E-state index in [0.29, 0.717) is 24.9 Å². The lowest BCUT2D eigenvalue weighted by molar-refractivity contribution is -0.128. The van der Waals surface area contributed by atoms with Crippen LogP contribution in [-0.2, 0) is 29.2 Å². The van der Waals surface area contributed by atoms with Crippen LogP contribution in [0, 0.1) is 6.92 Å². The Hall–Kier alpha value is -2.83. The van der Waals surface area contributed by atoms with Crippen molar-refractivity contribution in [1.82, 2.24) is 20.4 Å². The number of nitrogens with one attached hydrogen (secondary N) is 2. The number of nitrogens with zero attached hydrogens (tertiary/aromatic N) is 2. The SMILES string of the molecule is COc1c(C(C)(C)C)cc(C(=O)NC2(C(=O)NCc3cnn(C)c3C)CCCCC2)cc1C(C)(C)C. The van der Waals surface area contributed by atoms with Crippen LogP contribution in [-0.4, -0.2) is 34.2 Å². The number of aryl methyl sites for hydroxylation is 1. The quantitative estimate of drug-likeness (QED) is 0.584. The van der Waals surface area contributed by atoms with E-state index in [1.54, 1.807) is 18.0 Å². The predicted octanol–water partition coefficient (Wildman–Crippen LogP) is 5.08. The lowest BCUT2D eigenvalue weighted by Crippen LogP contribution is -2.59. The third kappa shape index (κ3) is 5.76. The minimum absolute atomic E-state index is 0.126. The average Bonchev–Trinajstić information content (AvgIpc) is 3.13.